The van der Waals surface area contributed by atoms with Crippen molar-refractivity contribution in [2.24, 2.45) is 0 Å². The maximum Gasteiger partial charge on any atom is 0.573 e. The Morgan fingerprint density at radius 2 is 1.80 bits per heavy atom. The van der Waals surface area contributed by atoms with E-state index < -0.39 is 6.36 Å². The quantitative estimate of drug-likeness (QED) is 0.457. The lowest BCUT2D eigenvalue weighted by Crippen LogP contribution is -2.17. The van der Waals surface area contributed by atoms with Crippen molar-refractivity contribution in [3.63, 3.8) is 0 Å². The molecule has 158 valence electrons. The Kier molecular flexibility index (Phi) is 6.36. The second kappa shape index (κ2) is 8.79. The van der Waals surface area contributed by atoms with Crippen molar-refractivity contribution in [1.29, 1.82) is 0 Å². The van der Waals surface area contributed by atoms with E-state index in [2.05, 4.69) is 25.3 Å². The largest absolute Gasteiger partial charge is 0.573 e. The lowest BCUT2D eigenvalue weighted by molar-refractivity contribution is -0.274. The Labute approximate surface area is 177 Å². The van der Waals surface area contributed by atoms with E-state index in [1.165, 1.54) is 18.2 Å². The van der Waals surface area contributed by atoms with E-state index in [0.717, 1.165) is 11.3 Å². The Bertz CT molecular complexity index is 1040. The number of ether oxygens (including phenoxy) is 1. The van der Waals surface area contributed by atoms with Crippen LogP contribution in [0, 0.1) is 6.92 Å². The van der Waals surface area contributed by atoms with E-state index in [1.807, 2.05) is 32.9 Å². The molecule has 9 heteroatoms. The van der Waals surface area contributed by atoms with E-state index >= 15 is 0 Å². The second-order valence-corrected chi connectivity index (χ2v) is 7.33. The first-order valence-corrected chi connectivity index (χ1v) is 9.52. The summed E-state index contributed by atoms with van der Waals surface area (Å²) < 4.78 is 41.7. The molecule has 5 nitrogen and oxygen atoms in total. The molecule has 0 radical (unpaired) electrons. The molecule has 0 atom stereocenters. The lowest BCUT2D eigenvalue weighted by atomic mass is 10.1. The maximum atomic E-state index is 12.6. The van der Waals surface area contributed by atoms with Crippen LogP contribution in [0.25, 0.3) is 11.3 Å². The molecule has 0 saturated heterocycles. The fraction of sp³-hybridized carbons (Fsp3) is 0.238. The first-order valence-electron chi connectivity index (χ1n) is 9.14. The summed E-state index contributed by atoms with van der Waals surface area (Å²) in [5, 5.41) is 6.88. The van der Waals surface area contributed by atoms with E-state index in [0.29, 0.717) is 28.0 Å². The number of aromatic nitrogens is 2. The molecular formula is C21H20ClF3N4O. The van der Waals surface area contributed by atoms with Crippen LogP contribution in [0.2, 0.25) is 5.02 Å². The molecule has 0 saturated carbocycles. The Morgan fingerprint density at radius 1 is 1.03 bits per heavy atom. The molecule has 1 heterocycles. The number of nitrogens with one attached hydrogen (secondary N) is 2. The molecule has 0 aliphatic heterocycles. The summed E-state index contributed by atoms with van der Waals surface area (Å²) in [5.74, 6) is 0.479. The summed E-state index contributed by atoms with van der Waals surface area (Å²) >= 11 is 6.19. The van der Waals surface area contributed by atoms with Crippen molar-refractivity contribution in [1.82, 2.24) is 9.97 Å². The molecule has 3 rings (SSSR count). The highest BCUT2D eigenvalue weighted by Gasteiger charge is 2.31. The molecule has 0 bridgehead atoms. The number of hydrogen-bond donors (Lipinski definition) is 2. The van der Waals surface area contributed by atoms with Crippen LogP contribution in [0.3, 0.4) is 0 Å². The molecular weight excluding hydrogens is 417 g/mol. The minimum absolute atomic E-state index is 0.0572. The number of alkyl halides is 3. The number of halogens is 4. The van der Waals surface area contributed by atoms with Crippen LogP contribution in [0.4, 0.5) is 30.6 Å². The Hall–Kier alpha value is -3.00. The van der Waals surface area contributed by atoms with Crippen LogP contribution in [0.15, 0.2) is 48.5 Å². The van der Waals surface area contributed by atoms with Gasteiger partial charge in [0.2, 0.25) is 5.95 Å². The maximum absolute atomic E-state index is 12.6. The van der Waals surface area contributed by atoms with Gasteiger partial charge in [-0.05, 0) is 50.6 Å². The van der Waals surface area contributed by atoms with Crippen LogP contribution in [-0.2, 0) is 0 Å². The van der Waals surface area contributed by atoms with Crippen molar-refractivity contribution in [3.8, 4) is 17.0 Å². The second-order valence-electron chi connectivity index (χ2n) is 6.93. The molecule has 30 heavy (non-hydrogen) atoms. The van der Waals surface area contributed by atoms with Crippen LogP contribution < -0.4 is 15.4 Å². The molecule has 2 N–H and O–H groups in total. The summed E-state index contributed by atoms with van der Waals surface area (Å²) in [5.41, 5.74) is 2.55. The van der Waals surface area contributed by atoms with Gasteiger partial charge in [0.25, 0.3) is 0 Å². The van der Waals surface area contributed by atoms with Gasteiger partial charge in [0, 0.05) is 28.4 Å². The van der Waals surface area contributed by atoms with Gasteiger partial charge in [-0.2, -0.15) is 4.98 Å². The number of aryl methyl sites for hydroxylation is 1. The van der Waals surface area contributed by atoms with Gasteiger partial charge in [-0.25, -0.2) is 4.98 Å². The topological polar surface area (TPSA) is 59.1 Å². The van der Waals surface area contributed by atoms with Crippen molar-refractivity contribution in [2.45, 2.75) is 33.2 Å². The van der Waals surface area contributed by atoms with Gasteiger partial charge in [-0.1, -0.05) is 29.8 Å². The predicted octanol–water partition coefficient (Wildman–Crippen LogP) is 6.57. The third kappa shape index (κ3) is 6.00. The third-order valence-electron chi connectivity index (χ3n) is 3.95. The first kappa shape index (κ1) is 21.7. The number of anilines is 3. The van der Waals surface area contributed by atoms with E-state index in [4.69, 9.17) is 11.6 Å². The molecule has 0 fully saturated rings. The van der Waals surface area contributed by atoms with Crippen molar-refractivity contribution < 1.29 is 17.9 Å². The van der Waals surface area contributed by atoms with Gasteiger partial charge < -0.3 is 15.4 Å². The van der Waals surface area contributed by atoms with Gasteiger partial charge in [0.05, 0.1) is 5.69 Å². The van der Waals surface area contributed by atoms with Gasteiger partial charge >= 0.3 is 6.36 Å². The lowest BCUT2D eigenvalue weighted by Gasteiger charge is -2.14. The van der Waals surface area contributed by atoms with Crippen LogP contribution >= 0.6 is 11.6 Å². The zero-order valence-electron chi connectivity index (χ0n) is 16.5. The van der Waals surface area contributed by atoms with Crippen molar-refractivity contribution in [3.05, 3.63) is 59.1 Å². The monoisotopic (exact) mass is 436 g/mol. The number of hydrogen-bond acceptors (Lipinski definition) is 5. The Morgan fingerprint density at radius 3 is 2.47 bits per heavy atom. The minimum atomic E-state index is -4.77. The van der Waals surface area contributed by atoms with E-state index in [9.17, 15) is 13.2 Å². The van der Waals surface area contributed by atoms with Crippen molar-refractivity contribution in [2.75, 3.05) is 10.6 Å². The normalized spacial score (nSPS) is 11.5. The van der Waals surface area contributed by atoms with Crippen LogP contribution in [0.5, 0.6) is 5.75 Å². The molecule has 0 aliphatic carbocycles. The molecule has 0 unspecified atom stereocenters. The summed E-state index contributed by atoms with van der Waals surface area (Å²) in [7, 11) is 0. The SMILES string of the molecule is Cc1ccc(Nc2cc(-c3cccc(OC(F)(F)F)c3)nc(NC(C)C)n2)cc1Cl. The molecule has 0 spiro atoms. The zero-order chi connectivity index (χ0) is 21.9. The van der Waals surface area contributed by atoms with Gasteiger partial charge in [0.1, 0.15) is 11.6 Å². The summed E-state index contributed by atoms with van der Waals surface area (Å²) in [4.78, 5) is 8.87. The minimum Gasteiger partial charge on any atom is -0.406 e. The molecule has 1 aromatic heterocycles. The molecule has 0 aliphatic rings. The third-order valence-corrected chi connectivity index (χ3v) is 4.36. The smallest absolute Gasteiger partial charge is 0.406 e. The number of benzene rings is 2. The Balaban J connectivity index is 1.98. The van der Waals surface area contributed by atoms with E-state index in [-0.39, 0.29) is 11.8 Å². The summed E-state index contributed by atoms with van der Waals surface area (Å²) in [6.45, 7) is 5.76. The highest BCUT2D eigenvalue weighted by Crippen LogP contribution is 2.30. The van der Waals surface area contributed by atoms with Crippen LogP contribution in [0.1, 0.15) is 19.4 Å². The predicted molar refractivity (Wildman–Crippen MR) is 112 cm³/mol. The molecule has 0 amide bonds. The fourth-order valence-electron chi connectivity index (χ4n) is 2.65. The fourth-order valence-corrected chi connectivity index (χ4v) is 2.83. The average molecular weight is 437 g/mol. The number of nitrogens with zero attached hydrogens (tertiary/aromatic N) is 2. The van der Waals surface area contributed by atoms with Gasteiger partial charge in [0.15, 0.2) is 0 Å². The molecule has 2 aromatic carbocycles. The van der Waals surface area contributed by atoms with Gasteiger partial charge in [-0.15, -0.1) is 13.2 Å². The number of rotatable bonds is 6. The highest BCUT2D eigenvalue weighted by atomic mass is 35.5. The zero-order valence-corrected chi connectivity index (χ0v) is 17.3. The first-order chi connectivity index (χ1) is 14.1. The summed E-state index contributed by atoms with van der Waals surface area (Å²) in [6, 6.07) is 12.8. The van der Waals surface area contributed by atoms with Crippen molar-refractivity contribution >= 4 is 29.1 Å². The highest BCUT2D eigenvalue weighted by molar-refractivity contribution is 6.31. The molecule has 3 aromatic rings. The standard InChI is InChI=1S/C21H20ClF3N4O/c1-12(2)26-20-28-18(14-5-4-6-16(9-14)30-21(23,24)25)11-19(29-20)27-15-8-7-13(3)17(22)10-15/h4-12H,1-3H3,(H2,26,27,28,29). The van der Waals surface area contributed by atoms with E-state index in [1.54, 1.807) is 18.2 Å². The van der Waals surface area contributed by atoms with Crippen LogP contribution in [-0.4, -0.2) is 22.4 Å². The summed E-state index contributed by atoms with van der Waals surface area (Å²) in [6.07, 6.45) is -4.77. The van der Waals surface area contributed by atoms with Gasteiger partial charge in [-0.3, -0.25) is 0 Å². The average Bonchev–Trinajstić information content (AvgIpc) is 2.63.